The van der Waals surface area contributed by atoms with Crippen molar-refractivity contribution in [3.63, 3.8) is 0 Å². The van der Waals surface area contributed by atoms with E-state index < -0.39 is 0 Å². The number of nitrogens with zero attached hydrogens (tertiary/aromatic N) is 1. The lowest BCUT2D eigenvalue weighted by molar-refractivity contribution is 0.126. The molecule has 2 fully saturated rings. The second kappa shape index (κ2) is 7.26. The van der Waals surface area contributed by atoms with Crippen molar-refractivity contribution in [2.45, 2.75) is 51.1 Å². The van der Waals surface area contributed by atoms with Gasteiger partial charge in [0.2, 0.25) is 0 Å². The van der Waals surface area contributed by atoms with Crippen LogP contribution in [-0.2, 0) is 6.42 Å². The Morgan fingerprint density at radius 2 is 1.90 bits per heavy atom. The molecule has 0 aromatic heterocycles. The van der Waals surface area contributed by atoms with Crippen molar-refractivity contribution >= 4 is 15.9 Å². The monoisotopic (exact) mass is 350 g/mol. The lowest BCUT2D eigenvalue weighted by Crippen LogP contribution is -2.44. The molecular weight excluding hydrogens is 324 g/mol. The zero-order chi connectivity index (χ0) is 14.7. The molecule has 2 unspecified atom stereocenters. The van der Waals surface area contributed by atoms with Gasteiger partial charge in [0.15, 0.2) is 0 Å². The van der Waals surface area contributed by atoms with Crippen LogP contribution in [0.15, 0.2) is 28.7 Å². The lowest BCUT2D eigenvalue weighted by Gasteiger charge is -2.38. The van der Waals surface area contributed by atoms with Gasteiger partial charge >= 0.3 is 0 Å². The van der Waals surface area contributed by atoms with Crippen molar-refractivity contribution in [2.24, 2.45) is 5.92 Å². The van der Waals surface area contributed by atoms with Crippen LogP contribution in [-0.4, -0.2) is 36.6 Å². The van der Waals surface area contributed by atoms with Crippen LogP contribution in [0.3, 0.4) is 0 Å². The van der Waals surface area contributed by atoms with Gasteiger partial charge < -0.3 is 10.2 Å². The third kappa shape index (κ3) is 4.08. The van der Waals surface area contributed by atoms with Crippen molar-refractivity contribution < 1.29 is 0 Å². The lowest BCUT2D eigenvalue weighted by atomic mass is 9.88. The van der Waals surface area contributed by atoms with E-state index in [2.05, 4.69) is 57.3 Å². The molecule has 2 nitrogen and oxygen atoms in total. The maximum Gasteiger partial charge on any atom is 0.0175 e. The van der Waals surface area contributed by atoms with Crippen LogP contribution in [0.25, 0.3) is 0 Å². The summed E-state index contributed by atoms with van der Waals surface area (Å²) in [6.07, 6.45) is 6.70. The number of halogens is 1. The molecular formula is C18H27BrN2. The van der Waals surface area contributed by atoms with Crippen LogP contribution in [0.4, 0.5) is 0 Å². The van der Waals surface area contributed by atoms with Crippen LogP contribution >= 0.6 is 15.9 Å². The smallest absolute Gasteiger partial charge is 0.0175 e. The number of benzene rings is 1. The van der Waals surface area contributed by atoms with Crippen molar-refractivity contribution in [3.05, 3.63) is 34.3 Å². The van der Waals surface area contributed by atoms with Gasteiger partial charge in [0.1, 0.15) is 0 Å². The average molecular weight is 351 g/mol. The van der Waals surface area contributed by atoms with Gasteiger partial charge in [0.25, 0.3) is 0 Å². The molecule has 2 heterocycles. The van der Waals surface area contributed by atoms with Gasteiger partial charge in [-0.3, -0.25) is 0 Å². The molecule has 0 aliphatic carbocycles. The van der Waals surface area contributed by atoms with Gasteiger partial charge in [-0.1, -0.05) is 28.1 Å². The van der Waals surface area contributed by atoms with E-state index in [0.29, 0.717) is 6.04 Å². The standard InChI is InChI=1S/C18H27BrN2/c1-14(13-15-4-6-17(19)7-5-15)21-11-8-16(9-12-21)18-3-2-10-20-18/h4-7,14,16,18,20H,2-3,8-13H2,1H3. The van der Waals surface area contributed by atoms with E-state index in [0.717, 1.165) is 12.0 Å². The molecule has 2 saturated heterocycles. The fourth-order valence-corrected chi connectivity index (χ4v) is 4.23. The Morgan fingerprint density at radius 1 is 1.19 bits per heavy atom. The molecule has 0 amide bonds. The summed E-state index contributed by atoms with van der Waals surface area (Å²) in [5.41, 5.74) is 1.45. The molecule has 0 spiro atoms. The summed E-state index contributed by atoms with van der Waals surface area (Å²) in [7, 11) is 0. The third-order valence-corrected chi connectivity index (χ3v) is 5.84. The summed E-state index contributed by atoms with van der Waals surface area (Å²) in [6.45, 7) is 6.18. The van der Waals surface area contributed by atoms with E-state index in [4.69, 9.17) is 0 Å². The Balaban J connectivity index is 1.48. The van der Waals surface area contributed by atoms with Gasteiger partial charge in [-0.15, -0.1) is 0 Å². The zero-order valence-electron chi connectivity index (χ0n) is 13.0. The van der Waals surface area contributed by atoms with Crippen LogP contribution in [0.2, 0.25) is 0 Å². The van der Waals surface area contributed by atoms with Crippen molar-refractivity contribution in [1.82, 2.24) is 10.2 Å². The van der Waals surface area contributed by atoms with Gasteiger partial charge in [-0.25, -0.2) is 0 Å². The summed E-state index contributed by atoms with van der Waals surface area (Å²) in [5.74, 6) is 0.920. The summed E-state index contributed by atoms with van der Waals surface area (Å²) in [4.78, 5) is 2.69. The van der Waals surface area contributed by atoms with Gasteiger partial charge in [0, 0.05) is 16.6 Å². The minimum absolute atomic E-state index is 0.656. The molecule has 0 bridgehead atoms. The summed E-state index contributed by atoms with van der Waals surface area (Å²) in [6, 6.07) is 10.3. The average Bonchev–Trinajstić information content (AvgIpc) is 3.04. The molecule has 116 valence electrons. The molecule has 0 saturated carbocycles. The quantitative estimate of drug-likeness (QED) is 0.887. The fourth-order valence-electron chi connectivity index (χ4n) is 3.97. The van der Waals surface area contributed by atoms with E-state index >= 15 is 0 Å². The first-order chi connectivity index (χ1) is 10.2. The molecule has 1 aromatic carbocycles. The number of likely N-dealkylation sites (tertiary alicyclic amines) is 1. The van der Waals surface area contributed by atoms with E-state index in [9.17, 15) is 0 Å². The molecule has 1 N–H and O–H groups in total. The highest BCUT2D eigenvalue weighted by Crippen LogP contribution is 2.27. The first-order valence-electron chi connectivity index (χ1n) is 8.44. The largest absolute Gasteiger partial charge is 0.314 e. The topological polar surface area (TPSA) is 15.3 Å². The highest BCUT2D eigenvalue weighted by molar-refractivity contribution is 9.10. The maximum absolute atomic E-state index is 3.69. The SMILES string of the molecule is CC(Cc1ccc(Br)cc1)N1CCC(C2CCCN2)CC1. The van der Waals surface area contributed by atoms with Crippen molar-refractivity contribution in [1.29, 1.82) is 0 Å². The Bertz CT molecular complexity index is 431. The van der Waals surface area contributed by atoms with Crippen molar-refractivity contribution in [3.8, 4) is 0 Å². The van der Waals surface area contributed by atoms with Crippen LogP contribution < -0.4 is 5.32 Å². The number of hydrogen-bond donors (Lipinski definition) is 1. The minimum atomic E-state index is 0.656. The molecule has 3 rings (SSSR count). The predicted octanol–water partition coefficient (Wildman–Crippen LogP) is 3.84. The Hall–Kier alpha value is -0.380. The van der Waals surface area contributed by atoms with E-state index in [-0.39, 0.29) is 0 Å². The van der Waals surface area contributed by atoms with Crippen molar-refractivity contribution in [2.75, 3.05) is 19.6 Å². The minimum Gasteiger partial charge on any atom is -0.314 e. The number of rotatable bonds is 4. The van der Waals surface area contributed by atoms with E-state index in [1.807, 2.05) is 0 Å². The second-order valence-corrected chi connectivity index (χ2v) is 7.67. The zero-order valence-corrected chi connectivity index (χ0v) is 14.6. The van der Waals surface area contributed by atoms with E-state index in [1.54, 1.807) is 0 Å². The second-order valence-electron chi connectivity index (χ2n) is 6.76. The molecule has 2 aliphatic heterocycles. The fraction of sp³-hybridized carbons (Fsp3) is 0.667. The molecule has 0 radical (unpaired) electrons. The first kappa shape index (κ1) is 15.5. The predicted molar refractivity (Wildman–Crippen MR) is 92.6 cm³/mol. The van der Waals surface area contributed by atoms with Gasteiger partial charge in [0.05, 0.1) is 0 Å². The molecule has 2 aliphatic rings. The number of hydrogen-bond acceptors (Lipinski definition) is 2. The van der Waals surface area contributed by atoms with Gasteiger partial charge in [-0.05, 0) is 82.3 Å². The molecule has 2 atom stereocenters. The first-order valence-corrected chi connectivity index (χ1v) is 9.23. The van der Waals surface area contributed by atoms with Crippen LogP contribution in [0.1, 0.15) is 38.2 Å². The normalized spacial score (nSPS) is 26.1. The Morgan fingerprint density at radius 3 is 2.52 bits per heavy atom. The van der Waals surface area contributed by atoms with Gasteiger partial charge in [-0.2, -0.15) is 0 Å². The summed E-state index contributed by atoms with van der Waals surface area (Å²) >= 11 is 3.51. The summed E-state index contributed by atoms with van der Waals surface area (Å²) in [5, 5.41) is 3.69. The number of nitrogens with one attached hydrogen (secondary N) is 1. The highest BCUT2D eigenvalue weighted by Gasteiger charge is 2.29. The summed E-state index contributed by atoms with van der Waals surface area (Å²) < 4.78 is 1.17. The van der Waals surface area contributed by atoms with Crippen LogP contribution in [0.5, 0.6) is 0 Å². The third-order valence-electron chi connectivity index (χ3n) is 5.31. The molecule has 21 heavy (non-hydrogen) atoms. The Labute approximate surface area is 137 Å². The van der Waals surface area contributed by atoms with Crippen LogP contribution in [0, 0.1) is 5.92 Å². The Kier molecular flexibility index (Phi) is 5.36. The van der Waals surface area contributed by atoms with E-state index in [1.165, 1.54) is 61.8 Å². The highest BCUT2D eigenvalue weighted by atomic mass is 79.9. The number of piperidine rings is 1. The maximum atomic E-state index is 3.69. The molecule has 1 aromatic rings. The molecule has 3 heteroatoms.